The van der Waals surface area contributed by atoms with Crippen LogP contribution in [0.15, 0.2) is 11.6 Å². The average molecular weight is 260 g/mol. The Morgan fingerprint density at radius 3 is 2.60 bits per heavy atom. The predicted molar refractivity (Wildman–Crippen MR) is 48.1 cm³/mol. The molecule has 0 aliphatic rings. The lowest BCUT2D eigenvalue weighted by atomic mass is 10.2. The SMILES string of the molecule is C/C(=C/CF)[C@H](I)CCF. The molecule has 0 aromatic carbocycles. The van der Waals surface area contributed by atoms with Crippen LogP contribution in [0.1, 0.15) is 13.3 Å². The van der Waals surface area contributed by atoms with E-state index in [4.69, 9.17) is 0 Å². The molecule has 0 saturated heterocycles. The molecule has 0 unspecified atom stereocenters. The molecule has 0 bridgehead atoms. The van der Waals surface area contributed by atoms with Crippen molar-refractivity contribution < 1.29 is 8.78 Å². The van der Waals surface area contributed by atoms with Crippen LogP contribution in [0.2, 0.25) is 0 Å². The minimum atomic E-state index is -0.447. The Morgan fingerprint density at radius 1 is 1.60 bits per heavy atom. The second kappa shape index (κ2) is 6.07. The fourth-order valence-electron chi connectivity index (χ4n) is 0.573. The van der Waals surface area contributed by atoms with Crippen molar-refractivity contribution in [1.82, 2.24) is 0 Å². The number of rotatable bonds is 4. The lowest BCUT2D eigenvalue weighted by Gasteiger charge is -2.06. The van der Waals surface area contributed by atoms with Gasteiger partial charge in [0.15, 0.2) is 0 Å². The van der Waals surface area contributed by atoms with E-state index in [9.17, 15) is 8.78 Å². The van der Waals surface area contributed by atoms with Gasteiger partial charge in [0.25, 0.3) is 0 Å². The number of hydrogen-bond acceptors (Lipinski definition) is 0. The van der Waals surface area contributed by atoms with Crippen LogP contribution >= 0.6 is 22.6 Å². The molecule has 60 valence electrons. The molecule has 0 amide bonds. The molecule has 10 heavy (non-hydrogen) atoms. The fraction of sp³-hybridized carbons (Fsp3) is 0.714. The summed E-state index contributed by atoms with van der Waals surface area (Å²) in [6, 6.07) is 0. The molecule has 0 fully saturated rings. The summed E-state index contributed by atoms with van der Waals surface area (Å²) in [4.78, 5) is 0. The summed E-state index contributed by atoms with van der Waals surface area (Å²) in [5.74, 6) is 0. The van der Waals surface area contributed by atoms with E-state index in [-0.39, 0.29) is 10.6 Å². The molecular weight excluding hydrogens is 249 g/mol. The standard InChI is InChI=1S/C7H11F2I/c1-6(2-4-8)7(10)3-5-9/h2,7H,3-5H2,1H3/b6-2-/t7-/m1/s1. The summed E-state index contributed by atoms with van der Waals surface area (Å²) in [5, 5.41) is 0. The van der Waals surface area contributed by atoms with Gasteiger partial charge >= 0.3 is 0 Å². The first-order chi connectivity index (χ1) is 4.72. The largest absolute Gasteiger partial charge is 0.251 e. The maximum Gasteiger partial charge on any atom is 0.108 e. The van der Waals surface area contributed by atoms with Crippen molar-refractivity contribution in [3.8, 4) is 0 Å². The molecule has 0 radical (unpaired) electrons. The quantitative estimate of drug-likeness (QED) is 0.414. The van der Waals surface area contributed by atoms with Crippen LogP contribution in [-0.4, -0.2) is 17.3 Å². The van der Waals surface area contributed by atoms with E-state index in [2.05, 4.69) is 22.6 Å². The topological polar surface area (TPSA) is 0 Å². The number of halogens is 3. The summed E-state index contributed by atoms with van der Waals surface area (Å²) < 4.78 is 23.5. The molecule has 0 aliphatic carbocycles. The highest BCUT2D eigenvalue weighted by Crippen LogP contribution is 2.15. The molecule has 1 atom stereocenters. The summed E-state index contributed by atoms with van der Waals surface area (Å²) in [7, 11) is 0. The molecule has 0 heterocycles. The second-order valence-corrected chi connectivity index (χ2v) is 3.55. The number of alkyl halides is 3. The maximum absolute atomic E-state index is 11.7. The van der Waals surface area contributed by atoms with Gasteiger partial charge in [-0.25, -0.2) is 4.39 Å². The smallest absolute Gasteiger partial charge is 0.108 e. The Balaban J connectivity index is 3.69. The van der Waals surface area contributed by atoms with Gasteiger partial charge in [0.1, 0.15) is 6.67 Å². The van der Waals surface area contributed by atoms with Gasteiger partial charge in [-0.15, -0.1) is 0 Å². The summed E-state index contributed by atoms with van der Waals surface area (Å²) in [6.07, 6.45) is 1.98. The van der Waals surface area contributed by atoms with Crippen LogP contribution in [-0.2, 0) is 0 Å². The van der Waals surface area contributed by atoms with E-state index >= 15 is 0 Å². The first-order valence-corrected chi connectivity index (χ1v) is 4.39. The Morgan fingerprint density at radius 2 is 2.20 bits per heavy atom. The Kier molecular flexibility index (Phi) is 6.27. The first kappa shape index (κ1) is 10.3. The molecular formula is C7H11F2I. The van der Waals surface area contributed by atoms with Crippen LogP contribution in [0, 0.1) is 0 Å². The molecule has 0 spiro atoms. The van der Waals surface area contributed by atoms with Crippen molar-refractivity contribution in [2.45, 2.75) is 17.3 Å². The van der Waals surface area contributed by atoms with E-state index in [1.807, 2.05) is 6.92 Å². The zero-order chi connectivity index (χ0) is 7.98. The van der Waals surface area contributed by atoms with E-state index in [1.54, 1.807) is 0 Å². The lowest BCUT2D eigenvalue weighted by molar-refractivity contribution is 0.478. The molecule has 3 heteroatoms. The summed E-state index contributed by atoms with van der Waals surface area (Å²) in [6.45, 7) is 1.05. The van der Waals surface area contributed by atoms with E-state index in [0.29, 0.717) is 6.42 Å². The second-order valence-electron chi connectivity index (χ2n) is 2.05. The van der Waals surface area contributed by atoms with Crippen LogP contribution in [0.5, 0.6) is 0 Å². The van der Waals surface area contributed by atoms with E-state index in [1.165, 1.54) is 6.08 Å². The average Bonchev–Trinajstić information content (AvgIpc) is 1.89. The highest BCUT2D eigenvalue weighted by atomic mass is 127. The van der Waals surface area contributed by atoms with Crippen molar-refractivity contribution in [1.29, 1.82) is 0 Å². The molecule has 0 N–H and O–H groups in total. The van der Waals surface area contributed by atoms with Crippen LogP contribution in [0.4, 0.5) is 8.78 Å². The van der Waals surface area contributed by atoms with Crippen LogP contribution < -0.4 is 0 Å². The Labute approximate surface area is 73.8 Å². The summed E-state index contributed by atoms with van der Waals surface area (Å²) >= 11 is 2.12. The van der Waals surface area contributed by atoms with Gasteiger partial charge < -0.3 is 0 Å². The van der Waals surface area contributed by atoms with Crippen molar-refractivity contribution in [2.24, 2.45) is 0 Å². The third kappa shape index (κ3) is 4.19. The lowest BCUT2D eigenvalue weighted by Crippen LogP contribution is -2.00. The van der Waals surface area contributed by atoms with Crippen molar-refractivity contribution in [3.63, 3.8) is 0 Å². The predicted octanol–water partition coefficient (Wildman–Crippen LogP) is 3.07. The molecule has 0 aliphatic heterocycles. The van der Waals surface area contributed by atoms with Gasteiger partial charge in [-0.1, -0.05) is 34.2 Å². The highest BCUT2D eigenvalue weighted by Gasteiger charge is 2.04. The Bertz CT molecular complexity index is 112. The number of hydrogen-bond donors (Lipinski definition) is 0. The highest BCUT2D eigenvalue weighted by molar-refractivity contribution is 14.1. The van der Waals surface area contributed by atoms with Crippen LogP contribution in [0.3, 0.4) is 0 Å². The zero-order valence-corrected chi connectivity index (χ0v) is 8.07. The molecule has 0 rings (SSSR count). The van der Waals surface area contributed by atoms with Gasteiger partial charge in [0.05, 0.1) is 6.67 Å². The normalized spacial score (nSPS) is 15.4. The van der Waals surface area contributed by atoms with Gasteiger partial charge in [-0.05, 0) is 13.3 Å². The molecule has 0 saturated carbocycles. The first-order valence-electron chi connectivity index (χ1n) is 3.15. The van der Waals surface area contributed by atoms with Gasteiger partial charge in [-0.3, -0.25) is 4.39 Å². The van der Waals surface area contributed by atoms with E-state index < -0.39 is 6.67 Å². The van der Waals surface area contributed by atoms with Crippen molar-refractivity contribution >= 4 is 22.6 Å². The molecule has 0 aromatic rings. The zero-order valence-electron chi connectivity index (χ0n) is 5.91. The third-order valence-corrected chi connectivity index (χ3v) is 2.86. The van der Waals surface area contributed by atoms with E-state index in [0.717, 1.165) is 5.57 Å². The van der Waals surface area contributed by atoms with Gasteiger partial charge in [0, 0.05) is 3.92 Å². The molecule has 0 aromatic heterocycles. The minimum absolute atomic E-state index is 0.151. The summed E-state index contributed by atoms with van der Waals surface area (Å²) in [5.41, 5.74) is 0.931. The van der Waals surface area contributed by atoms with Crippen LogP contribution in [0.25, 0.3) is 0 Å². The minimum Gasteiger partial charge on any atom is -0.251 e. The Hall–Kier alpha value is 0.330. The maximum atomic E-state index is 11.7. The molecule has 0 nitrogen and oxygen atoms in total. The fourth-order valence-corrected chi connectivity index (χ4v) is 1.06. The van der Waals surface area contributed by atoms with Crippen molar-refractivity contribution in [3.05, 3.63) is 11.6 Å². The third-order valence-electron chi connectivity index (χ3n) is 1.26. The van der Waals surface area contributed by atoms with Crippen molar-refractivity contribution in [2.75, 3.05) is 13.3 Å². The van der Waals surface area contributed by atoms with Gasteiger partial charge in [-0.2, -0.15) is 0 Å². The van der Waals surface area contributed by atoms with Gasteiger partial charge in [0.2, 0.25) is 0 Å². The monoisotopic (exact) mass is 260 g/mol. The number of allylic oxidation sites excluding steroid dienone is 2.